The van der Waals surface area contributed by atoms with Crippen molar-refractivity contribution in [1.29, 1.82) is 0 Å². The molecule has 1 aromatic heterocycles. The first-order valence-corrected chi connectivity index (χ1v) is 9.77. The number of hydrogen-bond acceptors (Lipinski definition) is 6. The quantitative estimate of drug-likeness (QED) is 0.804. The van der Waals surface area contributed by atoms with Crippen molar-refractivity contribution in [2.24, 2.45) is 11.3 Å². The Morgan fingerprint density at radius 2 is 2.08 bits per heavy atom. The predicted octanol–water partition coefficient (Wildman–Crippen LogP) is 3.61. The molecule has 7 heteroatoms. The zero-order valence-electron chi connectivity index (χ0n) is 15.1. The first-order chi connectivity index (χ1) is 12.4. The zero-order chi connectivity index (χ0) is 18.5. The van der Waals surface area contributed by atoms with Crippen LogP contribution in [-0.2, 0) is 4.79 Å². The number of aromatic hydroxyl groups is 1. The highest BCUT2D eigenvalue weighted by Gasteiger charge is 2.45. The fraction of sp³-hybridized carbons (Fsp3) is 0.421. The van der Waals surface area contributed by atoms with Crippen molar-refractivity contribution in [3.05, 3.63) is 41.6 Å². The highest BCUT2D eigenvalue weighted by atomic mass is 32.2. The number of Topliss-reactive ketones (excluding diaryl/α,β-unsaturated/α-hetero) is 1. The number of carbonyl (C=O) groups is 1. The second-order valence-electron chi connectivity index (χ2n) is 7.47. The van der Waals surface area contributed by atoms with Gasteiger partial charge in [-0.1, -0.05) is 50.7 Å². The molecule has 1 aliphatic carbocycles. The third-order valence-electron chi connectivity index (χ3n) is 4.81. The van der Waals surface area contributed by atoms with Crippen LogP contribution in [0.3, 0.4) is 0 Å². The average Bonchev–Trinajstić information content (AvgIpc) is 2.95. The first-order valence-electron chi connectivity index (χ1n) is 8.79. The number of aromatic nitrogens is 3. The van der Waals surface area contributed by atoms with Gasteiger partial charge in [0.2, 0.25) is 11.1 Å². The molecule has 0 radical (unpaired) electrons. The van der Waals surface area contributed by atoms with E-state index in [1.54, 1.807) is 23.9 Å². The Hall–Kier alpha value is -2.28. The molecule has 0 saturated heterocycles. The summed E-state index contributed by atoms with van der Waals surface area (Å²) in [7, 11) is 0. The Morgan fingerprint density at radius 1 is 1.35 bits per heavy atom. The van der Waals surface area contributed by atoms with Crippen molar-refractivity contribution in [2.75, 3.05) is 11.1 Å². The molecule has 2 N–H and O–H groups in total. The summed E-state index contributed by atoms with van der Waals surface area (Å²) in [5.41, 5.74) is 1.66. The lowest BCUT2D eigenvalue weighted by molar-refractivity contribution is -0.125. The maximum Gasteiger partial charge on any atom is 0.227 e. The smallest absolute Gasteiger partial charge is 0.227 e. The van der Waals surface area contributed by atoms with Gasteiger partial charge in [0.15, 0.2) is 0 Å². The molecule has 136 valence electrons. The topological polar surface area (TPSA) is 80.0 Å². The molecule has 26 heavy (non-hydrogen) atoms. The van der Waals surface area contributed by atoms with Gasteiger partial charge in [-0.2, -0.15) is 4.98 Å². The summed E-state index contributed by atoms with van der Waals surface area (Å²) in [6, 6.07) is 6.75. The second-order valence-corrected chi connectivity index (χ2v) is 8.70. The molecule has 0 bridgehead atoms. The lowest BCUT2D eigenvalue weighted by Gasteiger charge is -2.40. The molecule has 0 amide bonds. The summed E-state index contributed by atoms with van der Waals surface area (Å²) < 4.78 is 1.82. The van der Waals surface area contributed by atoms with E-state index in [1.165, 1.54) is 0 Å². The molecule has 2 aromatic rings. The molecule has 2 heterocycles. The minimum Gasteiger partial charge on any atom is -0.508 e. The van der Waals surface area contributed by atoms with Gasteiger partial charge in [0, 0.05) is 12.1 Å². The van der Waals surface area contributed by atoms with E-state index < -0.39 is 0 Å². The van der Waals surface area contributed by atoms with Crippen molar-refractivity contribution >= 4 is 23.5 Å². The summed E-state index contributed by atoms with van der Waals surface area (Å²) >= 11 is 1.57. The maximum absolute atomic E-state index is 13.0. The van der Waals surface area contributed by atoms with Crippen LogP contribution in [0.15, 0.2) is 41.2 Å². The van der Waals surface area contributed by atoms with Gasteiger partial charge in [0.1, 0.15) is 11.5 Å². The number of phenolic OH excluding ortho intramolecular Hbond substituents is 1. The summed E-state index contributed by atoms with van der Waals surface area (Å²) in [6.45, 7) is 6.20. The molecular weight excluding hydrogens is 348 g/mol. The van der Waals surface area contributed by atoms with Crippen LogP contribution in [0.25, 0.3) is 0 Å². The molecule has 1 aromatic carbocycles. The number of carbonyl (C=O) groups excluding carboxylic acids is 1. The van der Waals surface area contributed by atoms with Gasteiger partial charge in [-0.3, -0.25) is 4.79 Å². The lowest BCUT2D eigenvalue weighted by atomic mass is 9.72. The van der Waals surface area contributed by atoms with Crippen LogP contribution < -0.4 is 5.32 Å². The fourth-order valence-electron chi connectivity index (χ4n) is 3.80. The van der Waals surface area contributed by atoms with Crippen molar-refractivity contribution in [2.45, 2.75) is 38.4 Å². The Morgan fingerprint density at radius 3 is 2.77 bits per heavy atom. The minimum absolute atomic E-state index is 0.182. The summed E-state index contributed by atoms with van der Waals surface area (Å²) in [5, 5.41) is 18.3. The second kappa shape index (κ2) is 6.16. The van der Waals surface area contributed by atoms with Crippen LogP contribution in [0, 0.1) is 11.3 Å². The van der Waals surface area contributed by atoms with E-state index in [2.05, 4.69) is 42.2 Å². The zero-order valence-corrected chi connectivity index (χ0v) is 15.9. The third-order valence-corrected chi connectivity index (χ3v) is 5.53. The predicted molar refractivity (Wildman–Crippen MR) is 101 cm³/mol. The van der Waals surface area contributed by atoms with E-state index in [9.17, 15) is 9.90 Å². The monoisotopic (exact) mass is 370 g/mol. The SMILES string of the molecule is CCSc1nc2n(n1)[C@@H](c1ccc(O)cc1)[C@@H]1C(=O)CC(C)(C)C=C1N2. The Bertz CT molecular complexity index is 885. The highest BCUT2D eigenvalue weighted by molar-refractivity contribution is 7.99. The molecule has 0 spiro atoms. The minimum atomic E-state index is -0.318. The number of rotatable bonds is 3. The number of nitrogens with one attached hydrogen (secondary N) is 1. The number of nitrogens with zero attached hydrogens (tertiary/aromatic N) is 3. The van der Waals surface area contributed by atoms with Crippen LogP contribution in [0.2, 0.25) is 0 Å². The Kier molecular flexibility index (Phi) is 4.06. The summed E-state index contributed by atoms with van der Waals surface area (Å²) in [6.07, 6.45) is 2.65. The number of benzene rings is 1. The van der Waals surface area contributed by atoms with Crippen LogP contribution in [-0.4, -0.2) is 31.4 Å². The van der Waals surface area contributed by atoms with E-state index in [-0.39, 0.29) is 28.9 Å². The van der Waals surface area contributed by atoms with Crippen molar-refractivity contribution in [3.8, 4) is 5.75 Å². The van der Waals surface area contributed by atoms with Gasteiger partial charge in [-0.15, -0.1) is 5.10 Å². The van der Waals surface area contributed by atoms with Gasteiger partial charge in [-0.25, -0.2) is 4.68 Å². The standard InChI is InChI=1S/C19H22N4O2S/c1-4-26-18-21-17-20-13-9-19(2,3)10-14(25)15(13)16(23(17)22-18)11-5-7-12(24)8-6-11/h5-9,15-16,24H,4,10H2,1-3H3,(H,20,21,22)/t15-,16-/m0/s1. The molecule has 0 fully saturated rings. The van der Waals surface area contributed by atoms with Gasteiger partial charge in [0.05, 0.1) is 12.0 Å². The Balaban J connectivity index is 1.88. The van der Waals surface area contributed by atoms with Gasteiger partial charge >= 0.3 is 0 Å². The third kappa shape index (κ3) is 2.90. The van der Waals surface area contributed by atoms with Crippen molar-refractivity contribution in [1.82, 2.24) is 14.8 Å². The van der Waals surface area contributed by atoms with E-state index in [4.69, 9.17) is 0 Å². The number of fused-ring (bicyclic) bond motifs is 2. The number of hydrogen-bond donors (Lipinski definition) is 2. The molecular formula is C19H22N4O2S. The summed E-state index contributed by atoms with van der Waals surface area (Å²) in [4.78, 5) is 17.6. The number of anilines is 1. The normalized spacial score (nSPS) is 23.7. The molecule has 2 aliphatic rings. The number of ketones is 1. The van der Waals surface area contributed by atoms with Crippen LogP contribution in [0.1, 0.15) is 38.8 Å². The van der Waals surface area contributed by atoms with E-state index in [1.807, 2.05) is 16.8 Å². The maximum atomic E-state index is 13.0. The molecule has 2 atom stereocenters. The van der Waals surface area contributed by atoms with Gasteiger partial charge in [-0.05, 0) is 28.9 Å². The number of phenols is 1. The average molecular weight is 370 g/mol. The Labute approximate surface area is 156 Å². The largest absolute Gasteiger partial charge is 0.508 e. The van der Waals surface area contributed by atoms with Crippen LogP contribution in [0.5, 0.6) is 5.75 Å². The van der Waals surface area contributed by atoms with Gasteiger partial charge in [0.25, 0.3) is 0 Å². The number of thioether (sulfide) groups is 1. The van der Waals surface area contributed by atoms with Gasteiger partial charge < -0.3 is 10.4 Å². The van der Waals surface area contributed by atoms with Crippen molar-refractivity contribution in [3.63, 3.8) is 0 Å². The molecule has 6 nitrogen and oxygen atoms in total. The lowest BCUT2D eigenvalue weighted by Crippen LogP contribution is -2.42. The molecule has 0 saturated carbocycles. The van der Waals surface area contributed by atoms with E-state index in [0.29, 0.717) is 17.5 Å². The van der Waals surface area contributed by atoms with Crippen LogP contribution >= 0.6 is 11.8 Å². The first kappa shape index (κ1) is 17.1. The number of allylic oxidation sites excluding steroid dienone is 2. The highest BCUT2D eigenvalue weighted by Crippen LogP contribution is 2.45. The fourth-order valence-corrected chi connectivity index (χ4v) is 4.36. The van der Waals surface area contributed by atoms with Crippen molar-refractivity contribution < 1.29 is 9.90 Å². The molecule has 1 aliphatic heterocycles. The van der Waals surface area contributed by atoms with Crippen LogP contribution in [0.4, 0.5) is 5.95 Å². The van der Waals surface area contributed by atoms with E-state index >= 15 is 0 Å². The molecule has 4 rings (SSSR count). The summed E-state index contributed by atoms with van der Waals surface area (Å²) in [5.74, 6) is 1.62. The molecule has 0 unspecified atom stereocenters. The van der Waals surface area contributed by atoms with E-state index in [0.717, 1.165) is 17.0 Å².